The van der Waals surface area contributed by atoms with Crippen LogP contribution in [0.5, 0.6) is 0 Å². The summed E-state index contributed by atoms with van der Waals surface area (Å²) in [5.74, 6) is 0.337. The molecule has 1 fully saturated rings. The van der Waals surface area contributed by atoms with Crippen LogP contribution in [0.4, 0.5) is 10.5 Å². The first-order chi connectivity index (χ1) is 13.6. The summed E-state index contributed by atoms with van der Waals surface area (Å²) in [4.78, 5) is 12.5. The van der Waals surface area contributed by atoms with Crippen molar-refractivity contribution in [3.8, 4) is 0 Å². The highest BCUT2D eigenvalue weighted by Crippen LogP contribution is 2.17. The number of urea groups is 1. The van der Waals surface area contributed by atoms with Crippen molar-refractivity contribution >= 4 is 33.2 Å². The number of hydroxylamine groups is 4. The predicted molar refractivity (Wildman–Crippen MR) is 108 cm³/mol. The first-order valence-corrected chi connectivity index (χ1v) is 11.2. The number of carbonyl (C=O) groups excluding carboxylic acids is 1. The number of quaternary nitrogens is 1. The summed E-state index contributed by atoms with van der Waals surface area (Å²) in [6, 6.07) is 12.4. The molecule has 0 spiro atoms. The zero-order chi connectivity index (χ0) is 21.1. The zero-order valence-electron chi connectivity index (χ0n) is 15.7. The molecule has 8 nitrogen and oxygen atoms in total. The molecule has 0 unspecified atom stereocenters. The van der Waals surface area contributed by atoms with E-state index in [1.165, 1.54) is 0 Å². The Morgan fingerprint density at radius 3 is 2.14 bits per heavy atom. The third kappa shape index (κ3) is 6.23. The van der Waals surface area contributed by atoms with E-state index in [9.17, 15) is 23.6 Å². The van der Waals surface area contributed by atoms with Crippen LogP contribution >= 0.6 is 11.6 Å². The average molecular weight is 441 g/mol. The molecule has 3 N–H and O–H groups in total. The molecule has 0 atom stereocenters. The van der Waals surface area contributed by atoms with Crippen LogP contribution in [0.1, 0.15) is 11.1 Å². The first-order valence-electron chi connectivity index (χ1n) is 9.04. The van der Waals surface area contributed by atoms with Gasteiger partial charge in [0.05, 0.1) is 11.5 Å². The SMILES string of the molecule is O=C(Nc1ccc(CN2CCS(=O)(=O)CC2)cc1)[N+](O)(O)Cc1ccc(Cl)cc1. The molecule has 1 aliphatic heterocycles. The Morgan fingerprint density at radius 1 is 1.00 bits per heavy atom. The third-order valence-corrected chi connectivity index (χ3v) is 6.55. The van der Waals surface area contributed by atoms with Gasteiger partial charge in [-0.2, -0.15) is 15.2 Å². The summed E-state index contributed by atoms with van der Waals surface area (Å²) >= 11 is 5.80. The van der Waals surface area contributed by atoms with Crippen molar-refractivity contribution in [2.24, 2.45) is 0 Å². The lowest BCUT2D eigenvalue weighted by molar-refractivity contribution is -1.20. The Kier molecular flexibility index (Phi) is 6.57. The van der Waals surface area contributed by atoms with Gasteiger partial charge in [0.25, 0.3) is 0 Å². The van der Waals surface area contributed by atoms with E-state index in [1.54, 1.807) is 48.5 Å². The molecular weight excluding hydrogens is 418 g/mol. The van der Waals surface area contributed by atoms with E-state index >= 15 is 0 Å². The Balaban J connectivity index is 1.55. The maximum Gasteiger partial charge on any atom is 0.487 e. The largest absolute Gasteiger partial charge is 0.487 e. The summed E-state index contributed by atoms with van der Waals surface area (Å²) in [6.45, 7) is 1.28. The number of amides is 2. The minimum absolute atomic E-state index is 0.168. The van der Waals surface area contributed by atoms with Gasteiger partial charge >= 0.3 is 6.03 Å². The van der Waals surface area contributed by atoms with Crippen molar-refractivity contribution < 1.29 is 28.4 Å². The fourth-order valence-corrected chi connectivity index (χ4v) is 4.39. The first kappa shape index (κ1) is 21.7. The monoisotopic (exact) mass is 440 g/mol. The second-order valence-corrected chi connectivity index (χ2v) is 9.81. The smallest absolute Gasteiger partial charge is 0.297 e. The van der Waals surface area contributed by atoms with Crippen molar-refractivity contribution in [1.82, 2.24) is 4.90 Å². The molecule has 2 aromatic carbocycles. The number of anilines is 1. The van der Waals surface area contributed by atoms with E-state index in [0.29, 0.717) is 35.9 Å². The summed E-state index contributed by atoms with van der Waals surface area (Å²) in [7, 11) is -2.91. The van der Waals surface area contributed by atoms with Gasteiger partial charge in [0.15, 0.2) is 16.4 Å². The Morgan fingerprint density at radius 2 is 1.55 bits per heavy atom. The minimum Gasteiger partial charge on any atom is -0.297 e. The van der Waals surface area contributed by atoms with Crippen molar-refractivity contribution in [2.75, 3.05) is 29.9 Å². The molecular formula is C19H23ClN3O5S+. The van der Waals surface area contributed by atoms with Crippen LogP contribution in [0.2, 0.25) is 5.02 Å². The van der Waals surface area contributed by atoms with Gasteiger partial charge in [-0.1, -0.05) is 35.9 Å². The van der Waals surface area contributed by atoms with Crippen LogP contribution in [0.15, 0.2) is 48.5 Å². The second kappa shape index (κ2) is 8.78. The van der Waals surface area contributed by atoms with E-state index in [1.807, 2.05) is 0 Å². The number of rotatable bonds is 5. The van der Waals surface area contributed by atoms with E-state index in [0.717, 1.165) is 5.56 Å². The molecule has 1 heterocycles. The van der Waals surface area contributed by atoms with Gasteiger partial charge in [-0.25, -0.2) is 8.42 Å². The molecule has 0 radical (unpaired) electrons. The number of carbonyl (C=O) groups is 1. The highest BCUT2D eigenvalue weighted by atomic mass is 35.5. The molecule has 0 aliphatic carbocycles. The van der Waals surface area contributed by atoms with E-state index in [-0.39, 0.29) is 18.1 Å². The second-order valence-electron chi connectivity index (χ2n) is 7.07. The Bertz CT molecular complexity index is 948. The molecule has 1 aliphatic rings. The molecule has 2 amide bonds. The molecule has 3 rings (SSSR count). The van der Waals surface area contributed by atoms with Crippen LogP contribution in [-0.2, 0) is 22.9 Å². The number of halogens is 1. The molecule has 0 saturated carbocycles. The van der Waals surface area contributed by atoms with Gasteiger partial charge in [-0.15, -0.1) is 0 Å². The van der Waals surface area contributed by atoms with Crippen LogP contribution < -0.4 is 5.32 Å². The third-order valence-electron chi connectivity index (χ3n) is 4.69. The number of benzene rings is 2. The Labute approximate surface area is 174 Å². The summed E-state index contributed by atoms with van der Waals surface area (Å²) in [5, 5.41) is 23.1. The van der Waals surface area contributed by atoms with Crippen LogP contribution in [-0.4, -0.2) is 59.2 Å². The average Bonchev–Trinajstić information content (AvgIpc) is 2.66. The predicted octanol–water partition coefficient (Wildman–Crippen LogP) is 2.90. The number of nitrogens with one attached hydrogen (secondary N) is 1. The van der Waals surface area contributed by atoms with Crippen LogP contribution in [0, 0.1) is 0 Å². The van der Waals surface area contributed by atoms with Crippen molar-refractivity contribution in [3.63, 3.8) is 0 Å². The fourth-order valence-electron chi connectivity index (χ4n) is 2.99. The maximum atomic E-state index is 12.2. The minimum atomic E-state index is -2.91. The number of sulfone groups is 1. The highest BCUT2D eigenvalue weighted by Gasteiger charge is 2.35. The molecule has 1 saturated heterocycles. The lowest BCUT2D eigenvalue weighted by atomic mass is 10.2. The topological polar surface area (TPSA) is 107 Å². The quantitative estimate of drug-likeness (QED) is 0.375. The van der Waals surface area contributed by atoms with Gasteiger partial charge < -0.3 is 0 Å². The van der Waals surface area contributed by atoms with Gasteiger partial charge in [-0.05, 0) is 29.8 Å². The van der Waals surface area contributed by atoms with Crippen molar-refractivity contribution in [2.45, 2.75) is 13.1 Å². The molecule has 29 heavy (non-hydrogen) atoms. The lowest BCUT2D eigenvalue weighted by Gasteiger charge is -2.26. The lowest BCUT2D eigenvalue weighted by Crippen LogP contribution is -2.48. The van der Waals surface area contributed by atoms with Crippen molar-refractivity contribution in [3.05, 3.63) is 64.7 Å². The van der Waals surface area contributed by atoms with Gasteiger partial charge in [0.2, 0.25) is 0 Å². The van der Waals surface area contributed by atoms with Gasteiger partial charge in [0.1, 0.15) is 0 Å². The van der Waals surface area contributed by atoms with E-state index in [2.05, 4.69) is 10.2 Å². The van der Waals surface area contributed by atoms with Crippen LogP contribution in [0.25, 0.3) is 0 Å². The number of hydrogen-bond acceptors (Lipinski definition) is 6. The standard InChI is InChI=1S/C19H22ClN3O5S/c20-17-5-1-16(2-6-17)14-23(25,26)19(24)21-18-7-3-15(4-8-18)13-22-9-11-29(27,28)12-10-22/h1-8,25-26H,9-14H2/p+1. The fraction of sp³-hybridized carbons (Fsp3) is 0.316. The van der Waals surface area contributed by atoms with Crippen LogP contribution in [0.3, 0.4) is 0 Å². The molecule has 0 aromatic heterocycles. The summed E-state index contributed by atoms with van der Waals surface area (Å²) < 4.78 is 23.0. The number of hydrogen-bond donors (Lipinski definition) is 3. The van der Waals surface area contributed by atoms with E-state index in [4.69, 9.17) is 11.6 Å². The van der Waals surface area contributed by atoms with Gasteiger partial charge in [-0.3, -0.25) is 10.2 Å². The molecule has 2 aromatic rings. The highest BCUT2D eigenvalue weighted by molar-refractivity contribution is 7.91. The zero-order valence-corrected chi connectivity index (χ0v) is 17.2. The summed E-state index contributed by atoms with van der Waals surface area (Å²) in [6.07, 6.45) is 0. The summed E-state index contributed by atoms with van der Waals surface area (Å²) in [5.41, 5.74) is 1.92. The van der Waals surface area contributed by atoms with Gasteiger partial charge in [0, 0.05) is 40.7 Å². The Hall–Kier alpha value is -2.01. The normalized spacial score (nSPS) is 17.1. The number of nitrogens with zero attached hydrogens (tertiary/aromatic N) is 2. The van der Waals surface area contributed by atoms with E-state index < -0.39 is 20.7 Å². The maximum absolute atomic E-state index is 12.2. The molecule has 156 valence electrons. The molecule has 0 bridgehead atoms. The van der Waals surface area contributed by atoms with Crippen molar-refractivity contribution in [1.29, 1.82) is 0 Å². The molecule has 10 heteroatoms.